The topological polar surface area (TPSA) is 94.6 Å². The first-order valence-corrected chi connectivity index (χ1v) is 6.76. The van der Waals surface area contributed by atoms with Crippen molar-refractivity contribution in [3.8, 4) is 0 Å². The Morgan fingerprint density at radius 3 is 2.62 bits per heavy atom. The number of pyridine rings is 1. The number of hydrogen-bond donors (Lipinski definition) is 3. The van der Waals surface area contributed by atoms with Crippen molar-refractivity contribution in [1.82, 2.24) is 15.2 Å². The molecule has 1 aromatic heterocycles. The van der Waals surface area contributed by atoms with Crippen molar-refractivity contribution in [1.29, 1.82) is 0 Å². The highest BCUT2D eigenvalue weighted by molar-refractivity contribution is 5.89. The summed E-state index contributed by atoms with van der Waals surface area (Å²) in [4.78, 5) is 28.3. The Kier molecular flexibility index (Phi) is 6.61. The molecule has 1 atom stereocenters. The minimum absolute atomic E-state index is 0.0617. The van der Waals surface area contributed by atoms with E-state index in [1.807, 2.05) is 21.0 Å². The van der Waals surface area contributed by atoms with E-state index in [1.54, 1.807) is 12.1 Å². The Labute approximate surface area is 124 Å². The van der Waals surface area contributed by atoms with Crippen LogP contribution in [0.5, 0.6) is 0 Å². The number of nitrogens with one attached hydrogen (secondary N) is 2. The van der Waals surface area contributed by atoms with Gasteiger partial charge in [0.1, 0.15) is 0 Å². The lowest BCUT2D eigenvalue weighted by molar-refractivity contribution is -0.136. The van der Waals surface area contributed by atoms with Gasteiger partial charge in [0.2, 0.25) is 0 Å². The Bertz CT molecular complexity index is 474. The van der Waals surface area contributed by atoms with Crippen LogP contribution in [-0.2, 0) is 11.2 Å². The van der Waals surface area contributed by atoms with Crippen molar-refractivity contribution in [2.45, 2.75) is 25.8 Å². The predicted molar refractivity (Wildman–Crippen MR) is 80.4 cm³/mol. The monoisotopic (exact) mass is 294 g/mol. The molecule has 21 heavy (non-hydrogen) atoms. The van der Waals surface area contributed by atoms with Gasteiger partial charge < -0.3 is 20.6 Å². The van der Waals surface area contributed by atoms with Gasteiger partial charge in [-0.2, -0.15) is 0 Å². The lowest BCUT2D eigenvalue weighted by Gasteiger charge is -2.17. The van der Waals surface area contributed by atoms with Gasteiger partial charge in [-0.05, 0) is 46.1 Å². The first-order chi connectivity index (χ1) is 9.86. The van der Waals surface area contributed by atoms with E-state index in [9.17, 15) is 9.59 Å². The van der Waals surface area contributed by atoms with Gasteiger partial charge in [0.25, 0.3) is 0 Å². The molecule has 0 bridgehead atoms. The van der Waals surface area contributed by atoms with Crippen molar-refractivity contribution in [3.63, 3.8) is 0 Å². The van der Waals surface area contributed by atoms with E-state index in [4.69, 9.17) is 5.11 Å². The number of carbonyl (C=O) groups excluding carboxylic acids is 1. The summed E-state index contributed by atoms with van der Waals surface area (Å²) in [6, 6.07) is 2.98. The molecule has 1 heterocycles. The number of anilines is 1. The molecule has 116 valence electrons. The molecular formula is C14H22N4O3. The summed E-state index contributed by atoms with van der Waals surface area (Å²) < 4.78 is 0. The second kappa shape index (κ2) is 8.21. The molecule has 1 rings (SSSR count). The van der Waals surface area contributed by atoms with Crippen molar-refractivity contribution < 1.29 is 14.7 Å². The Morgan fingerprint density at radius 1 is 1.38 bits per heavy atom. The molecular weight excluding hydrogens is 272 g/mol. The molecule has 0 aromatic carbocycles. The van der Waals surface area contributed by atoms with Gasteiger partial charge >= 0.3 is 12.0 Å². The van der Waals surface area contributed by atoms with Crippen LogP contribution >= 0.6 is 0 Å². The Hall–Kier alpha value is -2.15. The summed E-state index contributed by atoms with van der Waals surface area (Å²) >= 11 is 0. The van der Waals surface area contributed by atoms with E-state index < -0.39 is 5.97 Å². The van der Waals surface area contributed by atoms with Gasteiger partial charge in [-0.1, -0.05) is 0 Å². The molecule has 0 fully saturated rings. The molecule has 7 heteroatoms. The molecule has 0 spiro atoms. The van der Waals surface area contributed by atoms with Crippen LogP contribution < -0.4 is 10.6 Å². The van der Waals surface area contributed by atoms with Crippen LogP contribution in [0, 0.1) is 0 Å². The third kappa shape index (κ3) is 7.26. The highest BCUT2D eigenvalue weighted by Crippen LogP contribution is 2.06. The number of nitrogens with zero attached hydrogens (tertiary/aromatic N) is 2. The fourth-order valence-electron chi connectivity index (χ4n) is 1.67. The number of amides is 2. The SMILES string of the molecule is CC(CCN(C)C)NC(=O)Nc1ccc(CC(=O)O)nc1. The number of urea groups is 1. The zero-order chi connectivity index (χ0) is 15.8. The standard InChI is InChI=1S/C14H22N4O3/c1-10(6-7-18(2)3)16-14(21)17-12-5-4-11(15-9-12)8-13(19)20/h4-5,9-10H,6-8H2,1-3H3,(H,19,20)(H2,16,17,21). The van der Waals surface area contributed by atoms with Crippen LogP contribution in [0.25, 0.3) is 0 Å². The van der Waals surface area contributed by atoms with Gasteiger partial charge in [0, 0.05) is 6.04 Å². The third-order valence-corrected chi connectivity index (χ3v) is 2.80. The predicted octanol–water partition coefficient (Wildman–Crippen LogP) is 1.17. The fourth-order valence-corrected chi connectivity index (χ4v) is 1.67. The molecule has 0 aliphatic carbocycles. The van der Waals surface area contributed by atoms with Gasteiger partial charge in [-0.3, -0.25) is 9.78 Å². The Morgan fingerprint density at radius 2 is 2.10 bits per heavy atom. The van der Waals surface area contributed by atoms with Crippen LogP contribution in [0.4, 0.5) is 10.5 Å². The smallest absolute Gasteiger partial charge is 0.319 e. The largest absolute Gasteiger partial charge is 0.481 e. The third-order valence-electron chi connectivity index (χ3n) is 2.80. The number of carbonyl (C=O) groups is 2. The second-order valence-electron chi connectivity index (χ2n) is 5.20. The van der Waals surface area contributed by atoms with E-state index >= 15 is 0 Å². The minimum atomic E-state index is -0.935. The normalized spacial score (nSPS) is 12.0. The first-order valence-electron chi connectivity index (χ1n) is 6.76. The summed E-state index contributed by atoms with van der Waals surface area (Å²) in [6.45, 7) is 2.84. The molecule has 0 radical (unpaired) electrons. The number of aliphatic carboxylic acids is 1. The van der Waals surface area contributed by atoms with Gasteiger partial charge in [0.15, 0.2) is 0 Å². The maximum atomic E-state index is 11.8. The molecule has 1 unspecified atom stereocenters. The second-order valence-corrected chi connectivity index (χ2v) is 5.20. The zero-order valence-corrected chi connectivity index (χ0v) is 12.6. The summed E-state index contributed by atoms with van der Waals surface area (Å²) in [7, 11) is 3.97. The number of hydrogen-bond acceptors (Lipinski definition) is 4. The molecule has 7 nitrogen and oxygen atoms in total. The average Bonchev–Trinajstić information content (AvgIpc) is 2.38. The van der Waals surface area contributed by atoms with Crippen LogP contribution in [0.2, 0.25) is 0 Å². The number of rotatable bonds is 7. The van der Waals surface area contributed by atoms with Crippen molar-refractivity contribution >= 4 is 17.7 Å². The van der Waals surface area contributed by atoms with E-state index in [2.05, 4.69) is 20.5 Å². The van der Waals surface area contributed by atoms with Gasteiger partial charge in [-0.15, -0.1) is 0 Å². The van der Waals surface area contributed by atoms with E-state index in [0.29, 0.717) is 11.4 Å². The van der Waals surface area contributed by atoms with Gasteiger partial charge in [0.05, 0.1) is 24.0 Å². The number of carboxylic acids is 1. The lowest BCUT2D eigenvalue weighted by atomic mass is 10.2. The van der Waals surface area contributed by atoms with Crippen molar-refractivity contribution in [2.75, 3.05) is 26.0 Å². The lowest BCUT2D eigenvalue weighted by Crippen LogP contribution is -2.37. The molecule has 0 aliphatic heterocycles. The average molecular weight is 294 g/mol. The van der Waals surface area contributed by atoms with Crippen LogP contribution in [0.15, 0.2) is 18.3 Å². The van der Waals surface area contributed by atoms with Crippen LogP contribution in [0.3, 0.4) is 0 Å². The van der Waals surface area contributed by atoms with Crippen molar-refractivity contribution in [2.24, 2.45) is 0 Å². The van der Waals surface area contributed by atoms with Gasteiger partial charge in [-0.25, -0.2) is 4.79 Å². The molecule has 2 amide bonds. The molecule has 1 aromatic rings. The maximum Gasteiger partial charge on any atom is 0.319 e. The highest BCUT2D eigenvalue weighted by atomic mass is 16.4. The number of aromatic nitrogens is 1. The Balaban J connectivity index is 2.42. The van der Waals surface area contributed by atoms with Crippen molar-refractivity contribution in [3.05, 3.63) is 24.0 Å². The number of carboxylic acid groups (broad SMARTS) is 1. The highest BCUT2D eigenvalue weighted by Gasteiger charge is 2.08. The van der Waals surface area contributed by atoms with E-state index in [1.165, 1.54) is 6.20 Å². The summed E-state index contributed by atoms with van der Waals surface area (Å²) in [5.41, 5.74) is 0.981. The molecule has 3 N–H and O–H groups in total. The zero-order valence-electron chi connectivity index (χ0n) is 12.6. The molecule has 0 aliphatic rings. The van der Waals surface area contributed by atoms with E-state index in [-0.39, 0.29) is 18.5 Å². The van der Waals surface area contributed by atoms with Crippen LogP contribution in [-0.4, -0.2) is 53.7 Å². The quantitative estimate of drug-likeness (QED) is 0.702. The molecule has 0 saturated carbocycles. The summed E-state index contributed by atoms with van der Waals surface area (Å²) in [6.07, 6.45) is 2.17. The summed E-state index contributed by atoms with van der Waals surface area (Å²) in [5.74, 6) is -0.935. The van der Waals surface area contributed by atoms with Crippen LogP contribution in [0.1, 0.15) is 19.0 Å². The minimum Gasteiger partial charge on any atom is -0.481 e. The maximum absolute atomic E-state index is 11.8. The fraction of sp³-hybridized carbons (Fsp3) is 0.500. The molecule has 0 saturated heterocycles. The van der Waals surface area contributed by atoms with E-state index in [0.717, 1.165) is 13.0 Å². The first kappa shape index (κ1) is 16.9. The summed E-state index contributed by atoms with van der Waals surface area (Å²) in [5, 5.41) is 14.1.